The van der Waals surface area contributed by atoms with Crippen LogP contribution in [0, 0.1) is 0 Å². The quantitative estimate of drug-likeness (QED) is 0.496. The van der Waals surface area contributed by atoms with E-state index in [0.717, 1.165) is 0 Å². The van der Waals surface area contributed by atoms with E-state index in [2.05, 4.69) is 5.32 Å². The topological polar surface area (TPSA) is 107 Å². The van der Waals surface area contributed by atoms with Crippen molar-refractivity contribution in [3.63, 3.8) is 0 Å². The lowest BCUT2D eigenvalue weighted by molar-refractivity contribution is -0.222. The van der Waals surface area contributed by atoms with Gasteiger partial charge >= 0.3 is 5.97 Å². The molecule has 0 aromatic rings. The van der Waals surface area contributed by atoms with Gasteiger partial charge in [0.05, 0.1) is 12.6 Å². The van der Waals surface area contributed by atoms with Crippen molar-refractivity contribution in [2.75, 3.05) is 13.7 Å². The molecule has 25 heavy (non-hydrogen) atoms. The van der Waals surface area contributed by atoms with E-state index in [1.54, 1.807) is 13.8 Å². The van der Waals surface area contributed by atoms with Crippen LogP contribution in [0.5, 0.6) is 0 Å². The van der Waals surface area contributed by atoms with E-state index in [-0.39, 0.29) is 17.6 Å². The number of carbonyl (C=O) groups excluding carboxylic acids is 2. The summed E-state index contributed by atoms with van der Waals surface area (Å²) in [6.45, 7) is 5.74. The van der Waals surface area contributed by atoms with Crippen molar-refractivity contribution in [3.05, 3.63) is 0 Å². The van der Waals surface area contributed by atoms with E-state index >= 15 is 0 Å². The fourth-order valence-electron chi connectivity index (χ4n) is 2.78. The average molecular weight is 376 g/mol. The zero-order valence-electron chi connectivity index (χ0n) is 14.8. The highest BCUT2D eigenvalue weighted by Crippen LogP contribution is 2.39. The van der Waals surface area contributed by atoms with E-state index in [9.17, 15) is 14.7 Å². The maximum Gasteiger partial charge on any atom is 0.303 e. The molecule has 2 aliphatic rings. The van der Waals surface area contributed by atoms with Gasteiger partial charge in [-0.25, -0.2) is 0 Å². The molecule has 2 heterocycles. The van der Waals surface area contributed by atoms with Crippen molar-refractivity contribution in [2.45, 2.75) is 64.1 Å². The van der Waals surface area contributed by atoms with Crippen LogP contribution in [0.25, 0.3) is 0 Å². The molecular formula is C15H24N2O7S. The van der Waals surface area contributed by atoms with Gasteiger partial charge in [-0.1, -0.05) is 0 Å². The molecule has 2 N–H and O–H groups in total. The minimum absolute atomic E-state index is 0.121. The van der Waals surface area contributed by atoms with Gasteiger partial charge in [-0.2, -0.15) is 0 Å². The summed E-state index contributed by atoms with van der Waals surface area (Å²) in [4.78, 5) is 24.1. The van der Waals surface area contributed by atoms with Crippen LogP contribution in [0.3, 0.4) is 0 Å². The summed E-state index contributed by atoms with van der Waals surface area (Å²) < 4.78 is 22.6. The number of aliphatic hydroxyl groups excluding tert-OH is 1. The van der Waals surface area contributed by atoms with Crippen molar-refractivity contribution in [2.24, 2.45) is 0 Å². The fourth-order valence-corrected chi connectivity index (χ4v) is 3.06. The summed E-state index contributed by atoms with van der Waals surface area (Å²) >= 11 is 5.15. The van der Waals surface area contributed by atoms with Crippen molar-refractivity contribution in [1.82, 2.24) is 10.2 Å². The van der Waals surface area contributed by atoms with Gasteiger partial charge in [0.2, 0.25) is 5.91 Å². The number of fused-ring (bicyclic) bond motifs is 1. The molecule has 2 fully saturated rings. The molecule has 0 aliphatic carbocycles. The van der Waals surface area contributed by atoms with Gasteiger partial charge < -0.3 is 29.4 Å². The number of nitrogens with one attached hydrogen (secondary N) is 1. The molecule has 9 nitrogen and oxygen atoms in total. The van der Waals surface area contributed by atoms with Crippen molar-refractivity contribution in [3.8, 4) is 0 Å². The lowest BCUT2D eigenvalue weighted by atomic mass is 10.0. The second-order valence-corrected chi connectivity index (χ2v) is 6.85. The predicted octanol–water partition coefficient (Wildman–Crippen LogP) is -0.492. The van der Waals surface area contributed by atoms with Crippen LogP contribution in [-0.2, 0) is 28.5 Å². The standard InChI is InChI=1S/C15H24N2O7S/c1-7(19)17(5)14(25)16-9(6-18)10-11(21-8(2)20)12-13(22-10)24-15(3,4)23-12/h9-13,18H,6H2,1-5H3,(H,16,25)/t9-,10+,11-,12+,13+/m0/s1. The van der Waals surface area contributed by atoms with Gasteiger partial charge in [0, 0.05) is 20.9 Å². The predicted molar refractivity (Wildman–Crippen MR) is 89.3 cm³/mol. The summed E-state index contributed by atoms with van der Waals surface area (Å²) in [5.41, 5.74) is 0. The smallest absolute Gasteiger partial charge is 0.303 e. The van der Waals surface area contributed by atoms with Crippen molar-refractivity contribution >= 4 is 29.2 Å². The highest BCUT2D eigenvalue weighted by atomic mass is 32.1. The van der Waals surface area contributed by atoms with Crippen molar-refractivity contribution < 1.29 is 33.6 Å². The molecule has 5 atom stereocenters. The fraction of sp³-hybridized carbons (Fsp3) is 0.800. The van der Waals surface area contributed by atoms with Gasteiger partial charge in [0.15, 0.2) is 29.4 Å². The van der Waals surface area contributed by atoms with Gasteiger partial charge in [0.1, 0.15) is 6.10 Å². The Hall–Kier alpha value is -1.33. The maximum atomic E-state index is 11.5. The Balaban J connectivity index is 2.15. The molecule has 0 unspecified atom stereocenters. The first-order valence-corrected chi connectivity index (χ1v) is 8.30. The molecule has 10 heteroatoms. The Morgan fingerprint density at radius 2 is 2.00 bits per heavy atom. The van der Waals surface area contributed by atoms with Crippen LogP contribution < -0.4 is 5.32 Å². The van der Waals surface area contributed by atoms with Crippen LogP contribution in [0.4, 0.5) is 0 Å². The van der Waals surface area contributed by atoms with Crippen LogP contribution in [-0.4, -0.2) is 77.1 Å². The minimum atomic E-state index is -0.870. The molecule has 2 rings (SSSR count). The van der Waals surface area contributed by atoms with Gasteiger partial charge in [-0.15, -0.1) is 0 Å². The van der Waals surface area contributed by atoms with Crippen LogP contribution in [0.1, 0.15) is 27.7 Å². The highest BCUT2D eigenvalue weighted by Gasteiger charge is 2.58. The van der Waals surface area contributed by atoms with Crippen molar-refractivity contribution in [1.29, 1.82) is 0 Å². The molecule has 2 aliphatic heterocycles. The number of rotatable bonds is 4. The van der Waals surface area contributed by atoms with Crippen LogP contribution in [0.2, 0.25) is 0 Å². The van der Waals surface area contributed by atoms with Gasteiger partial charge in [0.25, 0.3) is 0 Å². The first-order valence-electron chi connectivity index (χ1n) is 7.89. The molecule has 142 valence electrons. The SMILES string of the molecule is CC(=O)O[C@@H]1[C@H]2OC(C)(C)O[C@H]2O[C@@H]1[C@H](CO)NC(=S)N(C)C(C)=O. The highest BCUT2D eigenvalue weighted by molar-refractivity contribution is 7.80. The maximum absolute atomic E-state index is 11.5. The lowest BCUT2D eigenvalue weighted by Crippen LogP contribution is -2.55. The largest absolute Gasteiger partial charge is 0.457 e. The zero-order chi connectivity index (χ0) is 18.9. The summed E-state index contributed by atoms with van der Waals surface area (Å²) in [6, 6.07) is -0.723. The number of amides is 1. The van der Waals surface area contributed by atoms with E-state index in [1.165, 1.54) is 25.8 Å². The molecule has 0 spiro atoms. The first-order chi connectivity index (χ1) is 11.6. The average Bonchev–Trinajstić information content (AvgIpc) is 2.96. The number of carbonyl (C=O) groups is 2. The Labute approximate surface area is 151 Å². The monoisotopic (exact) mass is 376 g/mol. The third kappa shape index (κ3) is 4.45. The number of aliphatic hydroxyl groups is 1. The lowest BCUT2D eigenvalue weighted by Gasteiger charge is -2.31. The Morgan fingerprint density at radius 3 is 2.52 bits per heavy atom. The third-order valence-corrected chi connectivity index (χ3v) is 4.40. The minimum Gasteiger partial charge on any atom is -0.457 e. The van der Waals surface area contributed by atoms with Gasteiger partial charge in [-0.3, -0.25) is 14.5 Å². The van der Waals surface area contributed by atoms with Gasteiger partial charge in [-0.05, 0) is 26.1 Å². The Bertz CT molecular complexity index is 556. The molecule has 0 saturated carbocycles. The number of nitrogens with zero attached hydrogens (tertiary/aromatic N) is 1. The second-order valence-electron chi connectivity index (χ2n) is 6.46. The number of hydrogen-bond donors (Lipinski definition) is 2. The number of esters is 1. The summed E-state index contributed by atoms with van der Waals surface area (Å²) in [7, 11) is 1.51. The molecule has 2 saturated heterocycles. The summed E-state index contributed by atoms with van der Waals surface area (Å²) in [5.74, 6) is -1.64. The normalized spacial score (nSPS) is 31.1. The zero-order valence-corrected chi connectivity index (χ0v) is 15.7. The Morgan fingerprint density at radius 1 is 1.36 bits per heavy atom. The molecular weight excluding hydrogens is 352 g/mol. The molecule has 0 radical (unpaired) electrons. The van der Waals surface area contributed by atoms with Crippen LogP contribution >= 0.6 is 12.2 Å². The summed E-state index contributed by atoms with van der Waals surface area (Å²) in [6.07, 6.45) is -2.92. The molecule has 0 bridgehead atoms. The van der Waals surface area contributed by atoms with E-state index in [1.807, 2.05) is 0 Å². The Kier molecular flexibility index (Phi) is 6.00. The second kappa shape index (κ2) is 7.50. The van der Waals surface area contributed by atoms with E-state index < -0.39 is 42.4 Å². The summed E-state index contributed by atoms with van der Waals surface area (Å²) in [5, 5.41) is 12.7. The van der Waals surface area contributed by atoms with E-state index in [0.29, 0.717) is 0 Å². The first kappa shape index (κ1) is 20.0. The van der Waals surface area contributed by atoms with Crippen LogP contribution in [0.15, 0.2) is 0 Å². The molecule has 0 aromatic carbocycles. The number of thiocarbonyl (C=S) groups is 1. The number of hydrogen-bond acceptors (Lipinski definition) is 8. The third-order valence-electron chi connectivity index (χ3n) is 4.01. The number of ether oxygens (including phenoxy) is 4. The van der Waals surface area contributed by atoms with E-state index in [4.69, 9.17) is 31.2 Å². The molecule has 1 amide bonds. The molecule has 0 aromatic heterocycles.